The first-order valence-corrected chi connectivity index (χ1v) is 7.44. The van der Waals surface area contributed by atoms with Gasteiger partial charge >= 0.3 is 0 Å². The fourth-order valence-corrected chi connectivity index (χ4v) is 2.12. The minimum Gasteiger partial charge on any atom is -0.272 e. The minimum atomic E-state index is -0.541. The van der Waals surface area contributed by atoms with Gasteiger partial charge in [-0.15, -0.1) is 0 Å². The quantitative estimate of drug-likeness (QED) is 0.550. The number of nitrogens with zero attached hydrogens (tertiary/aromatic N) is 4. The van der Waals surface area contributed by atoms with E-state index in [1.165, 1.54) is 35.3 Å². The van der Waals surface area contributed by atoms with Crippen molar-refractivity contribution >= 4 is 12.1 Å². The third kappa shape index (κ3) is 3.60. The molecule has 0 aliphatic rings. The highest BCUT2D eigenvalue weighted by Gasteiger charge is 2.11. The molecule has 0 radical (unpaired) electrons. The Labute approximate surface area is 141 Å². The van der Waals surface area contributed by atoms with E-state index in [0.717, 1.165) is 0 Å². The molecule has 0 saturated heterocycles. The van der Waals surface area contributed by atoms with Crippen molar-refractivity contribution in [1.82, 2.24) is 25.4 Å². The minimum absolute atomic E-state index is 0.166. The molecule has 0 aliphatic heterocycles. The van der Waals surface area contributed by atoms with Crippen molar-refractivity contribution < 1.29 is 13.6 Å². The SMILES string of the molecule is CCn1ncc(C=NNC(=O)c2cc(-c3ccc(F)cc3)n[nH]2)c1F. The van der Waals surface area contributed by atoms with Crippen LogP contribution in [0.5, 0.6) is 0 Å². The third-order valence-corrected chi connectivity index (χ3v) is 3.43. The average Bonchev–Trinajstić information content (AvgIpc) is 3.23. The Kier molecular flexibility index (Phi) is 4.64. The molecule has 0 unspecified atom stereocenters. The normalized spacial score (nSPS) is 11.2. The van der Waals surface area contributed by atoms with E-state index in [1.54, 1.807) is 19.1 Å². The number of carbonyl (C=O) groups excluding carboxylic acids is 1. The molecular formula is C16H14F2N6O. The number of hydrogen-bond donors (Lipinski definition) is 2. The molecular weight excluding hydrogens is 330 g/mol. The lowest BCUT2D eigenvalue weighted by molar-refractivity contribution is 0.0950. The number of H-pyrrole nitrogens is 1. The molecule has 9 heteroatoms. The summed E-state index contributed by atoms with van der Waals surface area (Å²) < 4.78 is 27.9. The average molecular weight is 344 g/mol. The molecule has 2 aromatic heterocycles. The molecule has 0 saturated carbocycles. The Bertz CT molecular complexity index is 913. The number of hydrogen-bond acceptors (Lipinski definition) is 4. The first-order valence-electron chi connectivity index (χ1n) is 7.44. The van der Waals surface area contributed by atoms with Gasteiger partial charge in [-0.1, -0.05) is 0 Å². The zero-order valence-electron chi connectivity index (χ0n) is 13.2. The molecule has 25 heavy (non-hydrogen) atoms. The van der Waals surface area contributed by atoms with Gasteiger partial charge in [-0.25, -0.2) is 14.5 Å². The number of halogens is 2. The van der Waals surface area contributed by atoms with Gasteiger partial charge in [-0.3, -0.25) is 9.89 Å². The van der Waals surface area contributed by atoms with E-state index < -0.39 is 11.9 Å². The molecule has 0 atom stereocenters. The molecule has 0 bridgehead atoms. The lowest BCUT2D eigenvalue weighted by atomic mass is 10.1. The fraction of sp³-hybridized carbons (Fsp3) is 0.125. The number of hydrazone groups is 1. The van der Waals surface area contributed by atoms with Crippen molar-refractivity contribution in [1.29, 1.82) is 0 Å². The summed E-state index contributed by atoms with van der Waals surface area (Å²) in [6.45, 7) is 2.15. The van der Waals surface area contributed by atoms with Crippen LogP contribution < -0.4 is 5.43 Å². The molecule has 0 fully saturated rings. The van der Waals surface area contributed by atoms with Crippen molar-refractivity contribution in [2.45, 2.75) is 13.5 Å². The van der Waals surface area contributed by atoms with E-state index >= 15 is 0 Å². The van der Waals surface area contributed by atoms with Crippen LogP contribution in [0.4, 0.5) is 8.78 Å². The Hall–Kier alpha value is -3.36. The maximum absolute atomic E-state index is 13.8. The van der Waals surface area contributed by atoms with Gasteiger partial charge in [-0.2, -0.15) is 19.7 Å². The second kappa shape index (κ2) is 7.04. The van der Waals surface area contributed by atoms with E-state index in [-0.39, 0.29) is 17.1 Å². The van der Waals surface area contributed by atoms with E-state index in [1.807, 2.05) is 0 Å². The van der Waals surface area contributed by atoms with Crippen LogP contribution in [-0.2, 0) is 6.54 Å². The molecule has 1 aromatic carbocycles. The summed E-state index contributed by atoms with van der Waals surface area (Å²) in [6.07, 6.45) is 2.49. The second-order valence-corrected chi connectivity index (χ2v) is 5.08. The van der Waals surface area contributed by atoms with Crippen LogP contribution in [-0.4, -0.2) is 32.1 Å². The zero-order chi connectivity index (χ0) is 17.8. The largest absolute Gasteiger partial charge is 0.289 e. The van der Waals surface area contributed by atoms with Crippen molar-refractivity contribution in [3.8, 4) is 11.3 Å². The van der Waals surface area contributed by atoms with Crippen molar-refractivity contribution in [3.05, 3.63) is 59.6 Å². The van der Waals surface area contributed by atoms with Crippen LogP contribution in [0.1, 0.15) is 23.0 Å². The second-order valence-electron chi connectivity index (χ2n) is 5.08. The molecule has 3 rings (SSSR count). The third-order valence-electron chi connectivity index (χ3n) is 3.43. The summed E-state index contributed by atoms with van der Waals surface area (Å²) in [5.41, 5.74) is 3.76. The number of aromatic amines is 1. The molecule has 1 amide bonds. The van der Waals surface area contributed by atoms with Crippen LogP contribution in [0, 0.1) is 11.8 Å². The smallest absolute Gasteiger partial charge is 0.272 e. The number of aromatic nitrogens is 4. The van der Waals surface area contributed by atoms with Gasteiger partial charge in [0.05, 0.1) is 23.7 Å². The first-order chi connectivity index (χ1) is 12.1. The molecule has 3 aromatic rings. The van der Waals surface area contributed by atoms with Gasteiger partial charge in [0.25, 0.3) is 5.91 Å². The lowest BCUT2D eigenvalue weighted by Crippen LogP contribution is -2.18. The molecule has 0 spiro atoms. The predicted molar refractivity (Wildman–Crippen MR) is 86.9 cm³/mol. The fourth-order valence-electron chi connectivity index (χ4n) is 2.12. The van der Waals surface area contributed by atoms with Gasteiger partial charge in [0.15, 0.2) is 0 Å². The van der Waals surface area contributed by atoms with Crippen molar-refractivity contribution in [2.24, 2.45) is 5.10 Å². The topological polar surface area (TPSA) is 88.0 Å². The van der Waals surface area contributed by atoms with Gasteiger partial charge in [-0.05, 0) is 37.3 Å². The summed E-state index contributed by atoms with van der Waals surface area (Å²) >= 11 is 0. The maximum atomic E-state index is 13.8. The first kappa shape index (κ1) is 16.5. The zero-order valence-corrected chi connectivity index (χ0v) is 13.2. The van der Waals surface area contributed by atoms with E-state index in [4.69, 9.17) is 0 Å². The molecule has 7 nitrogen and oxygen atoms in total. The van der Waals surface area contributed by atoms with Crippen LogP contribution in [0.15, 0.2) is 41.6 Å². The Balaban J connectivity index is 1.66. The summed E-state index contributed by atoms with van der Waals surface area (Å²) in [5.74, 6) is -1.42. The monoisotopic (exact) mass is 344 g/mol. The molecule has 128 valence electrons. The summed E-state index contributed by atoms with van der Waals surface area (Å²) in [7, 11) is 0. The number of carbonyl (C=O) groups is 1. The Morgan fingerprint density at radius 1 is 1.36 bits per heavy atom. The van der Waals surface area contributed by atoms with E-state index in [0.29, 0.717) is 17.8 Å². The van der Waals surface area contributed by atoms with Gasteiger partial charge < -0.3 is 0 Å². The maximum Gasteiger partial charge on any atom is 0.289 e. The number of rotatable bonds is 5. The number of amides is 1. The number of aryl methyl sites for hydroxylation is 1. The lowest BCUT2D eigenvalue weighted by Gasteiger charge is -1.96. The summed E-state index contributed by atoms with van der Waals surface area (Å²) in [5, 5.41) is 14.1. The molecule has 2 N–H and O–H groups in total. The summed E-state index contributed by atoms with van der Waals surface area (Å²) in [4.78, 5) is 12.0. The van der Waals surface area contributed by atoms with E-state index in [9.17, 15) is 13.6 Å². The van der Waals surface area contributed by atoms with E-state index in [2.05, 4.69) is 25.8 Å². The Morgan fingerprint density at radius 3 is 2.80 bits per heavy atom. The highest BCUT2D eigenvalue weighted by atomic mass is 19.1. The Morgan fingerprint density at radius 2 is 2.12 bits per heavy atom. The predicted octanol–water partition coefficient (Wildman–Crippen LogP) is 2.34. The van der Waals surface area contributed by atoms with Crippen LogP contribution >= 0.6 is 0 Å². The summed E-state index contributed by atoms with van der Waals surface area (Å²) in [6, 6.07) is 7.23. The number of benzene rings is 1. The highest BCUT2D eigenvalue weighted by Crippen LogP contribution is 2.17. The van der Waals surface area contributed by atoms with Gasteiger partial charge in [0, 0.05) is 12.1 Å². The number of nitrogens with one attached hydrogen (secondary N) is 2. The van der Waals surface area contributed by atoms with Crippen molar-refractivity contribution in [3.63, 3.8) is 0 Å². The van der Waals surface area contributed by atoms with Gasteiger partial charge in [0.2, 0.25) is 5.95 Å². The van der Waals surface area contributed by atoms with Crippen LogP contribution in [0.3, 0.4) is 0 Å². The van der Waals surface area contributed by atoms with Crippen molar-refractivity contribution in [2.75, 3.05) is 0 Å². The van der Waals surface area contributed by atoms with Crippen LogP contribution in [0.25, 0.3) is 11.3 Å². The molecule has 0 aliphatic carbocycles. The standard InChI is InChI=1S/C16H14F2N6O/c1-2-24-15(18)11(9-20-24)8-19-23-16(25)14-7-13(21-22-14)10-3-5-12(17)6-4-10/h3-9H,2H2,1H3,(H,21,22)(H,23,25). The van der Waals surface area contributed by atoms with Crippen LogP contribution in [0.2, 0.25) is 0 Å². The molecule has 2 heterocycles. The highest BCUT2D eigenvalue weighted by molar-refractivity contribution is 5.94. The van der Waals surface area contributed by atoms with Gasteiger partial charge in [0.1, 0.15) is 11.5 Å².